The van der Waals surface area contributed by atoms with E-state index in [1.54, 1.807) is 0 Å². The average molecular weight is 469 g/mol. The SMILES string of the molecule is CCCCCC(CCCCC)(CCCC(C)(C)C)C(CCCCC)(CCCCC)C(=O)OO. The Morgan fingerprint density at radius 1 is 0.576 bits per heavy atom. The van der Waals surface area contributed by atoms with Gasteiger partial charge in [-0.25, -0.2) is 4.79 Å². The Morgan fingerprint density at radius 3 is 1.27 bits per heavy atom. The minimum absolute atomic E-state index is 0.0795. The minimum atomic E-state index is -0.564. The summed E-state index contributed by atoms with van der Waals surface area (Å²) in [4.78, 5) is 18.3. The first-order chi connectivity index (χ1) is 15.7. The summed E-state index contributed by atoms with van der Waals surface area (Å²) in [5.74, 6) is -0.335. The number of unbranched alkanes of at least 4 members (excludes halogenated alkanes) is 8. The minimum Gasteiger partial charge on any atom is -0.300 e. The lowest BCUT2D eigenvalue weighted by atomic mass is 9.53. The molecular weight excluding hydrogens is 408 g/mol. The van der Waals surface area contributed by atoms with E-state index in [0.717, 1.165) is 77.0 Å². The lowest BCUT2D eigenvalue weighted by molar-refractivity contribution is -0.255. The van der Waals surface area contributed by atoms with Crippen molar-refractivity contribution in [2.75, 3.05) is 0 Å². The van der Waals surface area contributed by atoms with E-state index in [2.05, 4.69) is 48.5 Å². The van der Waals surface area contributed by atoms with E-state index < -0.39 is 5.41 Å². The van der Waals surface area contributed by atoms with Crippen molar-refractivity contribution in [3.8, 4) is 0 Å². The van der Waals surface area contributed by atoms with Crippen LogP contribution in [0.2, 0.25) is 0 Å². The molecule has 0 aromatic carbocycles. The van der Waals surface area contributed by atoms with Crippen LogP contribution in [-0.4, -0.2) is 11.2 Å². The summed E-state index contributed by atoms with van der Waals surface area (Å²) >= 11 is 0. The van der Waals surface area contributed by atoms with Gasteiger partial charge in [0, 0.05) is 0 Å². The quantitative estimate of drug-likeness (QED) is 0.103. The van der Waals surface area contributed by atoms with E-state index in [9.17, 15) is 10.1 Å². The van der Waals surface area contributed by atoms with Gasteiger partial charge in [-0.15, -0.1) is 0 Å². The molecule has 198 valence electrons. The fourth-order valence-electron chi connectivity index (χ4n) is 5.99. The zero-order valence-corrected chi connectivity index (χ0v) is 23.7. The molecule has 0 heterocycles. The maximum absolute atomic E-state index is 13.6. The zero-order chi connectivity index (χ0) is 25.2. The molecule has 0 aromatic rings. The number of hydrogen-bond donors (Lipinski definition) is 1. The van der Waals surface area contributed by atoms with Crippen LogP contribution >= 0.6 is 0 Å². The van der Waals surface area contributed by atoms with Gasteiger partial charge in [-0.1, -0.05) is 132 Å². The molecule has 0 aliphatic rings. The van der Waals surface area contributed by atoms with Crippen LogP contribution in [0.4, 0.5) is 0 Å². The average Bonchev–Trinajstić information content (AvgIpc) is 2.76. The Balaban J connectivity index is 6.43. The number of carbonyl (C=O) groups is 1. The van der Waals surface area contributed by atoms with E-state index in [1.807, 2.05) is 0 Å². The standard InChI is InChI=1S/C30H60O3/c1-8-12-16-22-29(23-17-13-9-2,24-20-21-28(5,6)7)30(27(31)33-32,25-18-14-10-3)26-19-15-11-4/h32H,8-26H2,1-7H3. The summed E-state index contributed by atoms with van der Waals surface area (Å²) in [7, 11) is 0. The molecule has 0 amide bonds. The largest absolute Gasteiger partial charge is 0.348 e. The number of rotatable bonds is 21. The van der Waals surface area contributed by atoms with Crippen LogP contribution in [0.15, 0.2) is 0 Å². The molecule has 0 unspecified atom stereocenters. The molecule has 0 aliphatic carbocycles. The van der Waals surface area contributed by atoms with Crippen molar-refractivity contribution in [3.63, 3.8) is 0 Å². The summed E-state index contributed by atoms with van der Waals surface area (Å²) in [6, 6.07) is 0. The highest BCUT2D eigenvalue weighted by Gasteiger charge is 2.55. The molecular formula is C30H60O3. The summed E-state index contributed by atoms with van der Waals surface area (Å²) in [6.45, 7) is 15.9. The lowest BCUT2D eigenvalue weighted by Crippen LogP contribution is -2.49. The van der Waals surface area contributed by atoms with Gasteiger partial charge >= 0.3 is 5.97 Å². The monoisotopic (exact) mass is 468 g/mol. The van der Waals surface area contributed by atoms with Crippen molar-refractivity contribution in [2.24, 2.45) is 16.2 Å². The van der Waals surface area contributed by atoms with Crippen LogP contribution in [0.5, 0.6) is 0 Å². The van der Waals surface area contributed by atoms with E-state index in [1.165, 1.54) is 44.9 Å². The molecule has 0 aliphatic heterocycles. The van der Waals surface area contributed by atoms with Crippen LogP contribution in [0.1, 0.15) is 170 Å². The zero-order valence-electron chi connectivity index (χ0n) is 23.7. The highest BCUT2D eigenvalue weighted by molar-refractivity contribution is 5.77. The van der Waals surface area contributed by atoms with Gasteiger partial charge in [0.2, 0.25) is 0 Å². The fourth-order valence-corrected chi connectivity index (χ4v) is 5.99. The van der Waals surface area contributed by atoms with Crippen molar-refractivity contribution in [1.29, 1.82) is 0 Å². The number of hydrogen-bond acceptors (Lipinski definition) is 3. The normalized spacial score (nSPS) is 12.8. The summed E-state index contributed by atoms with van der Waals surface area (Å²) in [5, 5.41) is 9.80. The van der Waals surface area contributed by atoms with Gasteiger partial charge in [-0.3, -0.25) is 0 Å². The Labute approximate surface area is 207 Å². The Morgan fingerprint density at radius 2 is 0.939 bits per heavy atom. The molecule has 3 heteroatoms. The summed E-state index contributed by atoms with van der Waals surface area (Å²) in [6.07, 6.45) is 21.0. The fraction of sp³-hybridized carbons (Fsp3) is 0.967. The maximum Gasteiger partial charge on any atom is 0.348 e. The Kier molecular flexibility index (Phi) is 17.5. The summed E-state index contributed by atoms with van der Waals surface area (Å²) < 4.78 is 0. The van der Waals surface area contributed by atoms with E-state index in [-0.39, 0.29) is 11.4 Å². The van der Waals surface area contributed by atoms with Crippen molar-refractivity contribution in [2.45, 2.75) is 170 Å². The maximum atomic E-state index is 13.6. The van der Waals surface area contributed by atoms with Crippen LogP contribution < -0.4 is 0 Å². The van der Waals surface area contributed by atoms with E-state index >= 15 is 0 Å². The second-order valence-electron chi connectivity index (χ2n) is 12.0. The van der Waals surface area contributed by atoms with Crippen molar-refractivity contribution in [3.05, 3.63) is 0 Å². The van der Waals surface area contributed by atoms with Crippen molar-refractivity contribution in [1.82, 2.24) is 0 Å². The molecule has 0 fully saturated rings. The summed E-state index contributed by atoms with van der Waals surface area (Å²) in [5.41, 5.74) is -0.349. The first-order valence-electron chi connectivity index (χ1n) is 14.5. The van der Waals surface area contributed by atoms with Crippen LogP contribution in [-0.2, 0) is 9.68 Å². The van der Waals surface area contributed by atoms with Gasteiger partial charge in [0.25, 0.3) is 0 Å². The smallest absolute Gasteiger partial charge is 0.300 e. The third-order valence-corrected chi connectivity index (χ3v) is 8.00. The van der Waals surface area contributed by atoms with Crippen LogP contribution in [0, 0.1) is 16.2 Å². The molecule has 0 aromatic heterocycles. The van der Waals surface area contributed by atoms with E-state index in [0.29, 0.717) is 5.41 Å². The number of carbonyl (C=O) groups excluding carboxylic acids is 1. The third-order valence-electron chi connectivity index (χ3n) is 8.00. The van der Waals surface area contributed by atoms with Crippen molar-refractivity contribution >= 4 is 5.97 Å². The molecule has 0 spiro atoms. The molecule has 3 nitrogen and oxygen atoms in total. The highest BCUT2D eigenvalue weighted by Crippen LogP contribution is 2.57. The van der Waals surface area contributed by atoms with Crippen molar-refractivity contribution < 1.29 is 14.9 Å². The molecule has 0 atom stereocenters. The first-order valence-corrected chi connectivity index (χ1v) is 14.5. The van der Waals surface area contributed by atoms with Crippen LogP contribution in [0.25, 0.3) is 0 Å². The molecule has 0 saturated carbocycles. The third kappa shape index (κ3) is 11.6. The Hall–Kier alpha value is -0.570. The second-order valence-corrected chi connectivity index (χ2v) is 12.0. The van der Waals surface area contributed by atoms with Gasteiger partial charge in [-0.2, -0.15) is 5.26 Å². The molecule has 0 rings (SSSR count). The molecule has 0 radical (unpaired) electrons. The first kappa shape index (κ1) is 32.4. The molecule has 0 bridgehead atoms. The van der Waals surface area contributed by atoms with E-state index in [4.69, 9.17) is 4.89 Å². The second kappa shape index (κ2) is 17.8. The lowest BCUT2D eigenvalue weighted by Gasteiger charge is -2.50. The van der Waals surface area contributed by atoms with Gasteiger partial charge in [-0.05, 0) is 49.4 Å². The van der Waals surface area contributed by atoms with Gasteiger partial charge in [0.1, 0.15) is 0 Å². The van der Waals surface area contributed by atoms with Crippen LogP contribution in [0.3, 0.4) is 0 Å². The predicted molar refractivity (Wildman–Crippen MR) is 143 cm³/mol. The predicted octanol–water partition coefficient (Wildman–Crippen LogP) is 10.5. The molecule has 33 heavy (non-hydrogen) atoms. The highest BCUT2D eigenvalue weighted by atomic mass is 17.1. The van der Waals surface area contributed by atoms with Gasteiger partial charge in [0.15, 0.2) is 0 Å². The van der Waals surface area contributed by atoms with Gasteiger partial charge in [0.05, 0.1) is 5.41 Å². The van der Waals surface area contributed by atoms with Gasteiger partial charge < -0.3 is 4.89 Å². The Bertz CT molecular complexity index is 457. The molecule has 0 saturated heterocycles. The molecule has 1 N–H and O–H groups in total. The topological polar surface area (TPSA) is 46.5 Å².